The predicted molar refractivity (Wildman–Crippen MR) is 121 cm³/mol. The van der Waals surface area contributed by atoms with Crippen LogP contribution in [-0.4, -0.2) is 47.6 Å². The van der Waals surface area contributed by atoms with Gasteiger partial charge in [-0.15, -0.1) is 0 Å². The van der Waals surface area contributed by atoms with Crippen LogP contribution in [0.25, 0.3) is 6.08 Å². The Balaban J connectivity index is 0.994. The van der Waals surface area contributed by atoms with Crippen LogP contribution in [0.4, 0.5) is 10.6 Å². The quantitative estimate of drug-likeness (QED) is 0.684. The molecule has 2 atom stereocenters. The SMILES string of the molecule is Nc1ccc(/C=C/C(=O)NCCC2C3CN(C(=O)OC4Cc5ccccc5C4)CC23)cn1. The third kappa shape index (κ3) is 4.47. The summed E-state index contributed by atoms with van der Waals surface area (Å²) in [5, 5.41) is 2.94. The van der Waals surface area contributed by atoms with Gasteiger partial charge in [-0.3, -0.25) is 4.79 Å². The van der Waals surface area contributed by atoms with E-state index in [9.17, 15) is 9.59 Å². The third-order valence-electron chi connectivity index (χ3n) is 6.92. The van der Waals surface area contributed by atoms with E-state index in [1.807, 2.05) is 23.1 Å². The van der Waals surface area contributed by atoms with Gasteiger partial charge in [0, 0.05) is 44.7 Å². The molecule has 2 heterocycles. The van der Waals surface area contributed by atoms with Gasteiger partial charge in [0.15, 0.2) is 0 Å². The van der Waals surface area contributed by atoms with Gasteiger partial charge in [0.25, 0.3) is 0 Å². The van der Waals surface area contributed by atoms with Crippen LogP contribution in [0.15, 0.2) is 48.7 Å². The molecule has 7 nitrogen and oxygen atoms in total. The minimum atomic E-state index is -0.177. The van der Waals surface area contributed by atoms with Crippen LogP contribution < -0.4 is 11.1 Å². The van der Waals surface area contributed by atoms with E-state index in [4.69, 9.17) is 10.5 Å². The number of nitrogen functional groups attached to an aromatic ring is 1. The summed E-state index contributed by atoms with van der Waals surface area (Å²) in [7, 11) is 0. The molecule has 1 aromatic heterocycles. The van der Waals surface area contributed by atoms with Crippen molar-refractivity contribution in [2.75, 3.05) is 25.4 Å². The van der Waals surface area contributed by atoms with Gasteiger partial charge in [-0.05, 0) is 59.1 Å². The largest absolute Gasteiger partial charge is 0.445 e. The molecule has 2 aromatic rings. The number of piperidine rings is 1. The Morgan fingerprint density at radius 3 is 2.50 bits per heavy atom. The van der Waals surface area contributed by atoms with Gasteiger partial charge < -0.3 is 20.7 Å². The molecule has 3 N–H and O–H groups in total. The van der Waals surface area contributed by atoms with Crippen molar-refractivity contribution >= 4 is 23.9 Å². The van der Waals surface area contributed by atoms with Gasteiger partial charge in [-0.1, -0.05) is 24.3 Å². The van der Waals surface area contributed by atoms with Crippen molar-refractivity contribution in [3.8, 4) is 0 Å². The molecule has 0 spiro atoms. The molecule has 1 aromatic carbocycles. The number of aromatic nitrogens is 1. The van der Waals surface area contributed by atoms with Gasteiger partial charge in [0.1, 0.15) is 11.9 Å². The predicted octanol–water partition coefficient (Wildman–Crippen LogP) is 2.67. The highest BCUT2D eigenvalue weighted by Crippen LogP contribution is 2.53. The standard InChI is InChI=1S/C25H28N4O3/c26-23-7-5-16(13-28-23)6-8-24(30)27-10-9-20-21-14-29(15-22(20)21)25(31)32-19-11-17-3-1-2-4-18(17)12-19/h1-8,13,19-22H,9-12,14-15H2,(H2,26,28)(H,27,30)/b8-6+. The molecular formula is C25H28N4O3. The molecule has 32 heavy (non-hydrogen) atoms. The lowest BCUT2D eigenvalue weighted by Crippen LogP contribution is -2.35. The maximum absolute atomic E-state index is 12.6. The molecule has 1 saturated heterocycles. The van der Waals surface area contributed by atoms with Gasteiger partial charge in [-0.25, -0.2) is 9.78 Å². The van der Waals surface area contributed by atoms with E-state index in [0.717, 1.165) is 37.9 Å². The van der Waals surface area contributed by atoms with Crippen LogP contribution in [0.3, 0.4) is 0 Å². The molecule has 2 unspecified atom stereocenters. The lowest BCUT2D eigenvalue weighted by Gasteiger charge is -2.22. The number of rotatable bonds is 6. The number of carbonyl (C=O) groups excluding carboxylic acids is 2. The number of pyridine rings is 1. The molecule has 2 aliphatic carbocycles. The van der Waals surface area contributed by atoms with Crippen molar-refractivity contribution in [2.45, 2.75) is 25.4 Å². The Kier molecular flexibility index (Phi) is 5.55. The second-order valence-corrected chi connectivity index (χ2v) is 9.01. The van der Waals surface area contributed by atoms with Gasteiger partial charge in [0.2, 0.25) is 5.91 Å². The number of nitrogens with one attached hydrogen (secondary N) is 1. The number of ether oxygens (including phenoxy) is 1. The van der Waals surface area contributed by atoms with Crippen LogP contribution in [-0.2, 0) is 22.4 Å². The number of benzene rings is 1. The van der Waals surface area contributed by atoms with Crippen LogP contribution in [0.5, 0.6) is 0 Å². The monoisotopic (exact) mass is 432 g/mol. The summed E-state index contributed by atoms with van der Waals surface area (Å²) in [6.07, 6.45) is 7.22. The fourth-order valence-electron chi connectivity index (χ4n) is 5.15. The van der Waals surface area contributed by atoms with E-state index in [-0.39, 0.29) is 18.1 Å². The number of hydrogen-bond acceptors (Lipinski definition) is 5. The molecule has 2 amide bonds. The first-order valence-electron chi connectivity index (χ1n) is 11.3. The zero-order valence-electron chi connectivity index (χ0n) is 17.9. The Labute approximate surface area is 187 Å². The average Bonchev–Trinajstić information content (AvgIpc) is 3.13. The number of amides is 2. The zero-order chi connectivity index (χ0) is 22.1. The van der Waals surface area contributed by atoms with Crippen LogP contribution >= 0.6 is 0 Å². The molecular weight excluding hydrogens is 404 g/mol. The van der Waals surface area contributed by atoms with Gasteiger partial charge >= 0.3 is 6.09 Å². The number of hydrogen-bond donors (Lipinski definition) is 2. The number of anilines is 1. The van der Waals surface area contributed by atoms with E-state index < -0.39 is 0 Å². The van der Waals surface area contributed by atoms with E-state index in [1.165, 1.54) is 17.2 Å². The number of nitrogens with zero attached hydrogens (tertiary/aromatic N) is 2. The summed E-state index contributed by atoms with van der Waals surface area (Å²) in [4.78, 5) is 30.4. The third-order valence-corrected chi connectivity index (χ3v) is 6.92. The first kappa shape index (κ1) is 20.5. The highest BCUT2D eigenvalue weighted by atomic mass is 16.6. The molecule has 7 heteroatoms. The Bertz CT molecular complexity index is 999. The van der Waals surface area contributed by atoms with Crippen molar-refractivity contribution in [1.29, 1.82) is 0 Å². The summed E-state index contributed by atoms with van der Waals surface area (Å²) in [5.74, 6) is 2.00. The minimum absolute atomic E-state index is 0.0417. The number of fused-ring (bicyclic) bond motifs is 2. The van der Waals surface area contributed by atoms with E-state index in [0.29, 0.717) is 30.1 Å². The first-order chi connectivity index (χ1) is 15.6. The van der Waals surface area contributed by atoms with Crippen molar-refractivity contribution < 1.29 is 14.3 Å². The summed E-state index contributed by atoms with van der Waals surface area (Å²) in [5.41, 5.74) is 8.97. The number of carbonyl (C=O) groups is 2. The summed E-state index contributed by atoms with van der Waals surface area (Å²) in [6, 6.07) is 11.8. The van der Waals surface area contributed by atoms with Crippen LogP contribution in [0.2, 0.25) is 0 Å². The smallest absolute Gasteiger partial charge is 0.410 e. The Morgan fingerprint density at radius 2 is 1.84 bits per heavy atom. The van der Waals surface area contributed by atoms with E-state index >= 15 is 0 Å². The van der Waals surface area contributed by atoms with Crippen LogP contribution in [0.1, 0.15) is 23.1 Å². The number of nitrogens with two attached hydrogens (primary N) is 1. The first-order valence-corrected chi connectivity index (χ1v) is 11.3. The van der Waals surface area contributed by atoms with Gasteiger partial charge in [-0.2, -0.15) is 0 Å². The van der Waals surface area contributed by atoms with Gasteiger partial charge in [0.05, 0.1) is 0 Å². The lowest BCUT2D eigenvalue weighted by molar-refractivity contribution is -0.116. The highest BCUT2D eigenvalue weighted by Gasteiger charge is 2.56. The molecule has 166 valence electrons. The second kappa shape index (κ2) is 8.65. The van der Waals surface area contributed by atoms with E-state index in [2.05, 4.69) is 22.4 Å². The van der Waals surface area contributed by atoms with Crippen molar-refractivity contribution in [1.82, 2.24) is 15.2 Å². The molecule has 0 bridgehead atoms. The van der Waals surface area contributed by atoms with Crippen LogP contribution in [0, 0.1) is 17.8 Å². The molecule has 0 radical (unpaired) electrons. The zero-order valence-corrected chi connectivity index (χ0v) is 17.9. The fraction of sp³-hybridized carbons (Fsp3) is 0.400. The highest BCUT2D eigenvalue weighted by molar-refractivity contribution is 5.91. The summed E-state index contributed by atoms with van der Waals surface area (Å²) < 4.78 is 5.78. The second-order valence-electron chi connectivity index (χ2n) is 9.01. The molecule has 1 saturated carbocycles. The van der Waals surface area contributed by atoms with Crippen molar-refractivity contribution in [2.24, 2.45) is 17.8 Å². The maximum atomic E-state index is 12.6. The molecule has 3 aliphatic rings. The van der Waals surface area contributed by atoms with Crippen molar-refractivity contribution in [3.63, 3.8) is 0 Å². The van der Waals surface area contributed by atoms with E-state index in [1.54, 1.807) is 18.3 Å². The topological polar surface area (TPSA) is 97.6 Å². The molecule has 1 aliphatic heterocycles. The number of likely N-dealkylation sites (tertiary alicyclic amines) is 1. The van der Waals surface area contributed by atoms with Crippen molar-refractivity contribution in [3.05, 3.63) is 65.4 Å². The fourth-order valence-corrected chi connectivity index (χ4v) is 5.15. The maximum Gasteiger partial charge on any atom is 0.410 e. The summed E-state index contributed by atoms with van der Waals surface area (Å²) in [6.45, 7) is 2.18. The molecule has 2 fully saturated rings. The summed E-state index contributed by atoms with van der Waals surface area (Å²) >= 11 is 0. The Hall–Kier alpha value is -3.35. The minimum Gasteiger partial charge on any atom is -0.445 e. The normalized spacial score (nSPS) is 23.8. The Morgan fingerprint density at radius 1 is 1.12 bits per heavy atom. The molecule has 5 rings (SSSR count). The average molecular weight is 433 g/mol. The lowest BCUT2D eigenvalue weighted by atomic mass is 10.1.